The maximum atomic E-state index is 10.5. The lowest BCUT2D eigenvalue weighted by Crippen LogP contribution is -2.43. The van der Waals surface area contributed by atoms with Crippen LogP contribution in [-0.2, 0) is 0 Å². The summed E-state index contributed by atoms with van der Waals surface area (Å²) < 4.78 is 0. The lowest BCUT2D eigenvalue weighted by molar-refractivity contribution is 0.0565. The SMILES string of the molecule is O[C@@H]1CCCC[C@H]1[C@@H]1CCCN1c1cc(N2CCSCC2)ncn1. The van der Waals surface area contributed by atoms with Crippen molar-refractivity contribution >= 4 is 23.4 Å². The zero-order valence-corrected chi connectivity index (χ0v) is 15.1. The van der Waals surface area contributed by atoms with E-state index in [4.69, 9.17) is 0 Å². The third-order valence-corrected chi connectivity index (χ3v) is 6.79. The van der Waals surface area contributed by atoms with Gasteiger partial charge in [0, 0.05) is 49.2 Å². The van der Waals surface area contributed by atoms with Crippen LogP contribution in [0.25, 0.3) is 0 Å². The quantitative estimate of drug-likeness (QED) is 0.906. The van der Waals surface area contributed by atoms with Crippen LogP contribution in [0, 0.1) is 5.92 Å². The summed E-state index contributed by atoms with van der Waals surface area (Å²) in [5, 5.41) is 10.5. The molecule has 0 unspecified atom stereocenters. The predicted molar refractivity (Wildman–Crippen MR) is 99.9 cm³/mol. The van der Waals surface area contributed by atoms with E-state index in [0.29, 0.717) is 12.0 Å². The van der Waals surface area contributed by atoms with E-state index in [9.17, 15) is 5.11 Å². The number of aliphatic hydroxyl groups is 1. The highest BCUT2D eigenvalue weighted by Gasteiger charge is 2.37. The fourth-order valence-corrected chi connectivity index (χ4v) is 5.47. The Bertz CT molecular complexity index is 552. The number of hydrogen-bond donors (Lipinski definition) is 1. The molecule has 2 saturated heterocycles. The summed E-state index contributed by atoms with van der Waals surface area (Å²) >= 11 is 2.02. The van der Waals surface area contributed by atoms with E-state index in [1.807, 2.05) is 11.8 Å². The molecule has 24 heavy (non-hydrogen) atoms. The molecule has 3 atom stereocenters. The molecule has 5 nitrogen and oxygen atoms in total. The zero-order valence-electron chi connectivity index (χ0n) is 14.3. The molecular formula is C18H28N4OS. The molecular weight excluding hydrogens is 320 g/mol. The summed E-state index contributed by atoms with van der Waals surface area (Å²) in [5.74, 6) is 4.89. The Morgan fingerprint density at radius 1 is 0.958 bits per heavy atom. The third kappa shape index (κ3) is 3.36. The number of aromatic nitrogens is 2. The van der Waals surface area contributed by atoms with Crippen molar-refractivity contribution in [3.05, 3.63) is 12.4 Å². The van der Waals surface area contributed by atoms with Crippen LogP contribution in [0.5, 0.6) is 0 Å². The van der Waals surface area contributed by atoms with Crippen LogP contribution >= 0.6 is 11.8 Å². The zero-order chi connectivity index (χ0) is 16.4. The van der Waals surface area contributed by atoms with Crippen molar-refractivity contribution in [1.29, 1.82) is 0 Å². The van der Waals surface area contributed by atoms with Crippen LogP contribution in [0.1, 0.15) is 38.5 Å². The maximum Gasteiger partial charge on any atom is 0.134 e. The van der Waals surface area contributed by atoms with Crippen molar-refractivity contribution in [2.45, 2.75) is 50.7 Å². The molecule has 0 radical (unpaired) electrons. The molecule has 4 rings (SSSR count). The standard InChI is InChI=1S/C18H28N4OS/c23-16-6-2-1-4-14(16)15-5-3-7-22(15)18-12-17(19-13-20-18)21-8-10-24-11-9-21/h12-16,23H,1-11H2/t14-,15-,16+/m0/s1. The van der Waals surface area contributed by atoms with E-state index in [-0.39, 0.29) is 6.10 Å². The van der Waals surface area contributed by atoms with Gasteiger partial charge < -0.3 is 14.9 Å². The lowest BCUT2D eigenvalue weighted by atomic mass is 9.80. The average Bonchev–Trinajstić information content (AvgIpc) is 3.12. The average molecular weight is 349 g/mol. The van der Waals surface area contributed by atoms with Gasteiger partial charge in [-0.2, -0.15) is 11.8 Å². The topological polar surface area (TPSA) is 52.5 Å². The first-order valence-corrected chi connectivity index (χ1v) is 10.6. The summed E-state index contributed by atoms with van der Waals surface area (Å²) in [4.78, 5) is 13.9. The van der Waals surface area contributed by atoms with Crippen molar-refractivity contribution in [3.8, 4) is 0 Å². The van der Waals surface area contributed by atoms with Gasteiger partial charge in [-0.1, -0.05) is 12.8 Å². The van der Waals surface area contributed by atoms with Gasteiger partial charge in [0.1, 0.15) is 18.0 Å². The second-order valence-corrected chi connectivity index (χ2v) is 8.48. The van der Waals surface area contributed by atoms with Crippen molar-refractivity contribution < 1.29 is 5.11 Å². The molecule has 3 heterocycles. The Hall–Kier alpha value is -1.01. The third-order valence-electron chi connectivity index (χ3n) is 5.84. The van der Waals surface area contributed by atoms with Crippen LogP contribution in [0.3, 0.4) is 0 Å². The van der Waals surface area contributed by atoms with E-state index in [2.05, 4.69) is 25.8 Å². The van der Waals surface area contributed by atoms with E-state index >= 15 is 0 Å². The smallest absolute Gasteiger partial charge is 0.134 e. The number of aliphatic hydroxyl groups excluding tert-OH is 1. The second-order valence-electron chi connectivity index (χ2n) is 7.25. The van der Waals surface area contributed by atoms with Crippen molar-refractivity contribution in [3.63, 3.8) is 0 Å². The predicted octanol–water partition coefficient (Wildman–Crippen LogP) is 2.55. The van der Waals surface area contributed by atoms with Crippen molar-refractivity contribution in [1.82, 2.24) is 9.97 Å². The largest absolute Gasteiger partial charge is 0.393 e. The van der Waals surface area contributed by atoms with E-state index in [0.717, 1.165) is 44.1 Å². The van der Waals surface area contributed by atoms with E-state index in [1.165, 1.54) is 37.2 Å². The first kappa shape index (κ1) is 16.5. The molecule has 0 amide bonds. The molecule has 3 fully saturated rings. The molecule has 1 N–H and O–H groups in total. The summed E-state index contributed by atoms with van der Waals surface area (Å²) in [5.41, 5.74) is 0. The fraction of sp³-hybridized carbons (Fsp3) is 0.778. The van der Waals surface area contributed by atoms with Gasteiger partial charge in [-0.15, -0.1) is 0 Å². The Kier molecular flexibility index (Phi) is 5.13. The Morgan fingerprint density at radius 3 is 2.58 bits per heavy atom. The summed E-state index contributed by atoms with van der Waals surface area (Å²) in [6.45, 7) is 3.21. The van der Waals surface area contributed by atoms with Gasteiger partial charge >= 0.3 is 0 Å². The molecule has 0 bridgehead atoms. The highest BCUT2D eigenvalue weighted by Crippen LogP contribution is 2.37. The molecule has 1 saturated carbocycles. The van der Waals surface area contributed by atoms with Gasteiger partial charge in [0.05, 0.1) is 6.10 Å². The molecule has 1 aromatic rings. The normalized spacial score (nSPS) is 31.5. The van der Waals surface area contributed by atoms with Gasteiger partial charge in [0.25, 0.3) is 0 Å². The number of hydrogen-bond acceptors (Lipinski definition) is 6. The van der Waals surface area contributed by atoms with Crippen LogP contribution in [0.2, 0.25) is 0 Å². The highest BCUT2D eigenvalue weighted by molar-refractivity contribution is 7.99. The minimum Gasteiger partial charge on any atom is -0.393 e. The molecule has 132 valence electrons. The van der Waals surface area contributed by atoms with Gasteiger partial charge in [-0.25, -0.2) is 9.97 Å². The molecule has 0 aromatic carbocycles. The Labute approximate surface area is 148 Å². The fourth-order valence-electron chi connectivity index (χ4n) is 4.57. The monoisotopic (exact) mass is 348 g/mol. The van der Waals surface area contributed by atoms with Crippen LogP contribution in [0.15, 0.2) is 12.4 Å². The highest BCUT2D eigenvalue weighted by atomic mass is 32.2. The second kappa shape index (κ2) is 7.48. The summed E-state index contributed by atoms with van der Waals surface area (Å²) in [6, 6.07) is 2.61. The van der Waals surface area contributed by atoms with Gasteiger partial charge in [0.2, 0.25) is 0 Å². The molecule has 3 aliphatic rings. The molecule has 6 heteroatoms. The van der Waals surface area contributed by atoms with Gasteiger partial charge in [-0.3, -0.25) is 0 Å². The number of anilines is 2. The van der Waals surface area contributed by atoms with Crippen molar-refractivity contribution in [2.75, 3.05) is 40.9 Å². The number of thioether (sulfide) groups is 1. The summed E-state index contributed by atoms with van der Waals surface area (Å²) in [7, 11) is 0. The molecule has 1 aromatic heterocycles. The van der Waals surface area contributed by atoms with E-state index < -0.39 is 0 Å². The molecule has 1 aliphatic carbocycles. The lowest BCUT2D eigenvalue weighted by Gasteiger charge is -2.38. The Balaban J connectivity index is 1.53. The minimum atomic E-state index is -0.134. The maximum absolute atomic E-state index is 10.5. The van der Waals surface area contributed by atoms with Crippen LogP contribution in [0.4, 0.5) is 11.6 Å². The minimum absolute atomic E-state index is 0.134. The first-order valence-electron chi connectivity index (χ1n) is 9.42. The van der Waals surface area contributed by atoms with Gasteiger partial charge in [-0.05, 0) is 25.7 Å². The van der Waals surface area contributed by atoms with Gasteiger partial charge in [0.15, 0.2) is 0 Å². The van der Waals surface area contributed by atoms with Crippen molar-refractivity contribution in [2.24, 2.45) is 5.92 Å². The van der Waals surface area contributed by atoms with E-state index in [1.54, 1.807) is 6.33 Å². The Morgan fingerprint density at radius 2 is 1.75 bits per heavy atom. The molecule has 0 spiro atoms. The van der Waals surface area contributed by atoms with Crippen LogP contribution < -0.4 is 9.80 Å². The first-order chi connectivity index (χ1) is 11.8. The summed E-state index contributed by atoms with van der Waals surface area (Å²) in [6.07, 6.45) is 8.53. The number of nitrogens with zero attached hydrogens (tertiary/aromatic N) is 4. The molecule has 2 aliphatic heterocycles. The number of rotatable bonds is 3. The van der Waals surface area contributed by atoms with Crippen LogP contribution in [-0.4, -0.2) is 58.4 Å².